The fraction of sp³-hybridized carbons (Fsp3) is 0.368. The normalized spacial score (nSPS) is 17.5. The lowest BCUT2D eigenvalue weighted by molar-refractivity contribution is -0.131. The molecule has 3 rings (SSSR count). The van der Waals surface area contributed by atoms with E-state index in [2.05, 4.69) is 10.3 Å². The molecule has 0 aliphatic carbocycles. The molecule has 2 amide bonds. The molecule has 1 N–H and O–H groups in total. The van der Waals surface area contributed by atoms with Gasteiger partial charge >= 0.3 is 0 Å². The van der Waals surface area contributed by atoms with Gasteiger partial charge in [0.05, 0.1) is 19.2 Å². The number of likely N-dealkylation sites (tertiary alicyclic amines) is 1. The van der Waals surface area contributed by atoms with Crippen molar-refractivity contribution >= 4 is 46.5 Å². The second kappa shape index (κ2) is 9.73. The molecule has 0 unspecified atom stereocenters. The van der Waals surface area contributed by atoms with Crippen molar-refractivity contribution in [3.63, 3.8) is 0 Å². The highest BCUT2D eigenvalue weighted by atomic mass is 35.5. The number of hydrogen-bond donors (Lipinski definition) is 1. The van der Waals surface area contributed by atoms with Gasteiger partial charge in [0.25, 0.3) is 11.8 Å². The number of alkyl halides is 2. The topological polar surface area (TPSA) is 86.1 Å². The maximum absolute atomic E-state index is 13.4. The van der Waals surface area contributed by atoms with Crippen LogP contribution >= 0.6 is 34.7 Å². The number of rotatable bonds is 7. The Bertz CT molecular complexity index is 962. The molecule has 158 valence electrons. The summed E-state index contributed by atoms with van der Waals surface area (Å²) in [6, 6.07) is 8.05. The van der Waals surface area contributed by atoms with Gasteiger partial charge in [-0.05, 0) is 17.7 Å². The standard InChI is InChI=1S/C19H17ClF2N4O2S2/c20-13-3-1-12(2-4-13)8-29-10-16-25-15(9-30-16)18(28)24-7-17(27)26-11-19(21,22)5-14(26)6-23/h1-4,9,14H,5,7-8,10-11H2,(H,24,28)/t14-/m0/s1. The van der Waals surface area contributed by atoms with Crippen LogP contribution in [0.4, 0.5) is 8.78 Å². The van der Waals surface area contributed by atoms with Gasteiger partial charge in [-0.2, -0.15) is 5.26 Å². The number of nitrogens with one attached hydrogen (secondary N) is 1. The van der Waals surface area contributed by atoms with Crippen molar-refractivity contribution in [1.29, 1.82) is 5.26 Å². The number of thiazole rings is 1. The minimum Gasteiger partial charge on any atom is -0.342 e. The summed E-state index contributed by atoms with van der Waals surface area (Å²) < 4.78 is 26.9. The number of carbonyl (C=O) groups is 2. The van der Waals surface area contributed by atoms with E-state index in [4.69, 9.17) is 16.9 Å². The highest BCUT2D eigenvalue weighted by molar-refractivity contribution is 7.97. The molecule has 0 bridgehead atoms. The van der Waals surface area contributed by atoms with Gasteiger partial charge in [0.15, 0.2) is 0 Å². The van der Waals surface area contributed by atoms with Crippen LogP contribution in [0.5, 0.6) is 0 Å². The molecule has 1 aromatic carbocycles. The summed E-state index contributed by atoms with van der Waals surface area (Å²) in [5.41, 5.74) is 1.29. The summed E-state index contributed by atoms with van der Waals surface area (Å²) in [6.45, 7) is -1.28. The van der Waals surface area contributed by atoms with Crippen molar-refractivity contribution in [3.05, 3.63) is 50.9 Å². The number of hydrogen-bond acceptors (Lipinski definition) is 6. The third-order valence-corrected chi connectivity index (χ3v) is 6.63. The molecular formula is C19H17ClF2N4O2S2. The van der Waals surface area contributed by atoms with Gasteiger partial charge in [-0.25, -0.2) is 13.8 Å². The van der Waals surface area contributed by atoms with Gasteiger partial charge in [0.1, 0.15) is 16.7 Å². The number of halogens is 3. The zero-order chi connectivity index (χ0) is 21.7. The highest BCUT2D eigenvalue weighted by Crippen LogP contribution is 2.31. The quantitative estimate of drug-likeness (QED) is 0.666. The third kappa shape index (κ3) is 5.90. The van der Waals surface area contributed by atoms with Crippen LogP contribution in [0, 0.1) is 11.3 Å². The smallest absolute Gasteiger partial charge is 0.271 e. The Morgan fingerprint density at radius 1 is 1.37 bits per heavy atom. The van der Waals surface area contributed by atoms with Crippen molar-refractivity contribution in [2.24, 2.45) is 0 Å². The Balaban J connectivity index is 1.46. The second-order valence-electron chi connectivity index (χ2n) is 6.66. The Morgan fingerprint density at radius 2 is 2.10 bits per heavy atom. The van der Waals surface area contributed by atoms with Crippen LogP contribution in [0.25, 0.3) is 0 Å². The van der Waals surface area contributed by atoms with E-state index in [0.717, 1.165) is 21.2 Å². The van der Waals surface area contributed by atoms with Gasteiger partial charge in [-0.3, -0.25) is 9.59 Å². The van der Waals surface area contributed by atoms with Gasteiger partial charge in [0.2, 0.25) is 5.91 Å². The maximum atomic E-state index is 13.4. The Kier molecular flexibility index (Phi) is 7.28. The van der Waals surface area contributed by atoms with E-state index in [0.29, 0.717) is 10.8 Å². The van der Waals surface area contributed by atoms with Crippen LogP contribution in [0.3, 0.4) is 0 Å². The summed E-state index contributed by atoms with van der Waals surface area (Å²) in [4.78, 5) is 29.4. The first-order valence-corrected chi connectivity index (χ1v) is 11.3. The average molecular weight is 471 g/mol. The van der Waals surface area contributed by atoms with Gasteiger partial charge in [-0.15, -0.1) is 23.1 Å². The number of nitrogens with zero attached hydrogens (tertiary/aromatic N) is 3. The lowest BCUT2D eigenvalue weighted by Crippen LogP contribution is -2.43. The highest BCUT2D eigenvalue weighted by Gasteiger charge is 2.47. The summed E-state index contributed by atoms with van der Waals surface area (Å²) in [7, 11) is 0. The summed E-state index contributed by atoms with van der Waals surface area (Å²) in [5.74, 6) is -2.98. The van der Waals surface area contributed by atoms with E-state index >= 15 is 0 Å². The van der Waals surface area contributed by atoms with Gasteiger partial charge < -0.3 is 10.2 Å². The van der Waals surface area contributed by atoms with Crippen molar-refractivity contribution in [1.82, 2.24) is 15.2 Å². The molecule has 30 heavy (non-hydrogen) atoms. The molecule has 6 nitrogen and oxygen atoms in total. The van der Waals surface area contributed by atoms with Crippen LogP contribution in [0.1, 0.15) is 27.5 Å². The predicted molar refractivity (Wildman–Crippen MR) is 112 cm³/mol. The lowest BCUT2D eigenvalue weighted by Gasteiger charge is -2.19. The van der Waals surface area contributed by atoms with Crippen molar-refractivity contribution in [2.45, 2.75) is 29.9 Å². The first-order valence-electron chi connectivity index (χ1n) is 8.89. The summed E-state index contributed by atoms with van der Waals surface area (Å²) >= 11 is 8.82. The number of thioether (sulfide) groups is 1. The SMILES string of the molecule is N#C[C@@H]1CC(F)(F)CN1C(=O)CNC(=O)c1csc(CSCc2ccc(Cl)cc2)n1. The van der Waals surface area contributed by atoms with E-state index in [9.17, 15) is 18.4 Å². The predicted octanol–water partition coefficient (Wildman–Crippen LogP) is 3.72. The van der Waals surface area contributed by atoms with Crippen molar-refractivity contribution in [3.8, 4) is 6.07 Å². The van der Waals surface area contributed by atoms with E-state index in [1.165, 1.54) is 11.3 Å². The monoisotopic (exact) mass is 470 g/mol. The van der Waals surface area contributed by atoms with E-state index in [1.807, 2.05) is 24.3 Å². The van der Waals surface area contributed by atoms with Crippen molar-refractivity contribution in [2.75, 3.05) is 13.1 Å². The number of benzene rings is 1. The Hall–Kier alpha value is -2.22. The molecule has 1 aliphatic heterocycles. The zero-order valence-corrected chi connectivity index (χ0v) is 18.0. The number of nitriles is 1. The average Bonchev–Trinajstić information content (AvgIpc) is 3.31. The minimum absolute atomic E-state index is 0.165. The second-order valence-corrected chi connectivity index (χ2v) is 9.02. The molecule has 0 spiro atoms. The molecule has 1 atom stereocenters. The summed E-state index contributed by atoms with van der Waals surface area (Å²) in [5, 5.41) is 14.4. The Labute approximate surface area is 185 Å². The van der Waals surface area contributed by atoms with Crippen LogP contribution in [-0.2, 0) is 16.3 Å². The first kappa shape index (κ1) is 22.5. The Morgan fingerprint density at radius 3 is 2.80 bits per heavy atom. The molecule has 2 heterocycles. The maximum Gasteiger partial charge on any atom is 0.271 e. The molecule has 1 saturated heterocycles. The molecule has 0 radical (unpaired) electrons. The molecule has 1 aliphatic rings. The molecule has 11 heteroatoms. The molecule has 1 fully saturated rings. The first-order chi connectivity index (χ1) is 14.3. The van der Waals surface area contributed by atoms with Gasteiger partial charge in [0, 0.05) is 28.3 Å². The largest absolute Gasteiger partial charge is 0.342 e. The fourth-order valence-electron chi connectivity index (χ4n) is 2.86. The number of amides is 2. The van der Waals surface area contributed by atoms with Gasteiger partial charge in [-0.1, -0.05) is 23.7 Å². The fourth-order valence-corrected chi connectivity index (χ4v) is 4.84. The van der Waals surface area contributed by atoms with Crippen LogP contribution < -0.4 is 5.32 Å². The van der Waals surface area contributed by atoms with E-state index in [-0.39, 0.29) is 5.69 Å². The number of aromatic nitrogens is 1. The van der Waals surface area contributed by atoms with Crippen LogP contribution in [0.2, 0.25) is 5.02 Å². The third-order valence-electron chi connectivity index (χ3n) is 4.33. The molecule has 2 aromatic rings. The number of carbonyl (C=O) groups excluding carboxylic acids is 2. The summed E-state index contributed by atoms with van der Waals surface area (Å²) in [6.07, 6.45) is -0.688. The van der Waals surface area contributed by atoms with E-state index < -0.39 is 43.3 Å². The van der Waals surface area contributed by atoms with E-state index in [1.54, 1.807) is 23.2 Å². The lowest BCUT2D eigenvalue weighted by atomic mass is 10.2. The van der Waals surface area contributed by atoms with Crippen LogP contribution in [-0.4, -0.2) is 46.8 Å². The minimum atomic E-state index is -3.09. The zero-order valence-electron chi connectivity index (χ0n) is 15.6. The molecular weight excluding hydrogens is 454 g/mol. The van der Waals surface area contributed by atoms with Crippen LogP contribution in [0.15, 0.2) is 29.6 Å². The van der Waals surface area contributed by atoms with Crippen molar-refractivity contribution < 1.29 is 18.4 Å². The molecule has 1 aromatic heterocycles. The molecule has 0 saturated carbocycles.